The Bertz CT molecular complexity index is 334. The first-order chi connectivity index (χ1) is 8.03. The smallest absolute Gasteiger partial charge is 0.229 e. The largest absolute Gasteiger partial charge is 0.375 e. The second-order valence-corrected chi connectivity index (χ2v) is 6.25. The number of carbonyl (C=O) groups excluding carboxylic acids is 1. The van der Waals surface area contributed by atoms with Crippen LogP contribution in [0, 0.1) is 5.41 Å². The molecule has 0 aromatic carbocycles. The third-order valence-corrected chi connectivity index (χ3v) is 4.88. The van der Waals surface area contributed by atoms with Crippen LogP contribution < -0.4 is 5.73 Å². The van der Waals surface area contributed by atoms with Gasteiger partial charge in [0.15, 0.2) is 0 Å². The van der Waals surface area contributed by atoms with Crippen LogP contribution in [0.3, 0.4) is 0 Å². The Balaban J connectivity index is 1.74. The van der Waals surface area contributed by atoms with E-state index < -0.39 is 0 Å². The van der Waals surface area contributed by atoms with Crippen molar-refractivity contribution in [2.75, 3.05) is 19.7 Å². The van der Waals surface area contributed by atoms with E-state index in [1.165, 1.54) is 0 Å². The minimum atomic E-state index is -0.119. The highest BCUT2D eigenvalue weighted by atomic mass is 16.5. The number of carbonyl (C=O) groups is 1. The van der Waals surface area contributed by atoms with Crippen molar-refractivity contribution < 1.29 is 9.53 Å². The van der Waals surface area contributed by atoms with Crippen LogP contribution in [-0.2, 0) is 9.53 Å². The third-order valence-electron chi connectivity index (χ3n) is 4.88. The van der Waals surface area contributed by atoms with Gasteiger partial charge in [0.25, 0.3) is 0 Å². The molecule has 0 radical (unpaired) electrons. The lowest BCUT2D eigenvalue weighted by atomic mass is 9.82. The zero-order chi connectivity index (χ0) is 12.1. The first-order valence-electron chi connectivity index (χ1n) is 6.73. The summed E-state index contributed by atoms with van der Waals surface area (Å²) in [6, 6.07) is 0. The lowest BCUT2D eigenvalue weighted by molar-refractivity contribution is -0.148. The number of fused-ring (bicyclic) bond motifs is 2. The topological polar surface area (TPSA) is 55.6 Å². The van der Waals surface area contributed by atoms with Crippen molar-refractivity contribution in [3.05, 3.63) is 0 Å². The lowest BCUT2D eigenvalue weighted by Gasteiger charge is -2.37. The van der Waals surface area contributed by atoms with Gasteiger partial charge in [-0.05, 0) is 39.0 Å². The van der Waals surface area contributed by atoms with E-state index >= 15 is 0 Å². The number of nitrogens with two attached hydrogens (primary N) is 1. The number of nitrogens with zero attached hydrogens (tertiary/aromatic N) is 1. The Morgan fingerprint density at radius 3 is 2.59 bits per heavy atom. The van der Waals surface area contributed by atoms with Crippen molar-refractivity contribution in [2.45, 2.75) is 50.7 Å². The summed E-state index contributed by atoms with van der Waals surface area (Å²) in [5, 5.41) is 0. The Kier molecular flexibility index (Phi) is 2.49. The summed E-state index contributed by atoms with van der Waals surface area (Å²) in [7, 11) is 0. The second kappa shape index (κ2) is 3.69. The molecule has 2 aliphatic carbocycles. The molecule has 1 aliphatic heterocycles. The first kappa shape index (κ1) is 11.5. The molecule has 0 aromatic heterocycles. The van der Waals surface area contributed by atoms with Crippen molar-refractivity contribution >= 4 is 5.91 Å². The van der Waals surface area contributed by atoms with Gasteiger partial charge in [-0.3, -0.25) is 4.79 Å². The van der Waals surface area contributed by atoms with Crippen LogP contribution in [-0.4, -0.2) is 42.1 Å². The van der Waals surface area contributed by atoms with Crippen LogP contribution >= 0.6 is 0 Å². The summed E-state index contributed by atoms with van der Waals surface area (Å²) < 4.78 is 5.50. The van der Waals surface area contributed by atoms with E-state index in [-0.39, 0.29) is 17.1 Å². The fourth-order valence-corrected chi connectivity index (χ4v) is 3.88. The van der Waals surface area contributed by atoms with Crippen LogP contribution in [0.25, 0.3) is 0 Å². The fourth-order valence-electron chi connectivity index (χ4n) is 3.88. The van der Waals surface area contributed by atoms with Gasteiger partial charge in [-0.25, -0.2) is 0 Å². The van der Waals surface area contributed by atoms with Gasteiger partial charge in [-0.1, -0.05) is 0 Å². The molecular weight excluding hydrogens is 216 g/mol. The van der Waals surface area contributed by atoms with Gasteiger partial charge in [-0.2, -0.15) is 0 Å². The summed E-state index contributed by atoms with van der Waals surface area (Å²) >= 11 is 0. The molecule has 3 fully saturated rings. The molecule has 17 heavy (non-hydrogen) atoms. The maximum absolute atomic E-state index is 12.7. The normalized spacial score (nSPS) is 45.3. The van der Waals surface area contributed by atoms with Gasteiger partial charge in [0.05, 0.1) is 18.1 Å². The second-order valence-electron chi connectivity index (χ2n) is 6.25. The molecule has 1 saturated heterocycles. The quantitative estimate of drug-likeness (QED) is 0.738. The molecule has 3 aliphatic rings. The molecule has 1 unspecified atom stereocenters. The summed E-state index contributed by atoms with van der Waals surface area (Å²) in [5.41, 5.74) is 6.13. The van der Waals surface area contributed by atoms with E-state index in [1.54, 1.807) is 0 Å². The summed E-state index contributed by atoms with van der Waals surface area (Å²) in [5.74, 6) is 0.345. The number of hydrogen-bond donors (Lipinski definition) is 1. The van der Waals surface area contributed by atoms with Crippen LogP contribution in [0.1, 0.15) is 39.0 Å². The van der Waals surface area contributed by atoms with Gasteiger partial charge in [-0.15, -0.1) is 0 Å². The number of morpholine rings is 1. The molecule has 0 aromatic rings. The Morgan fingerprint density at radius 1 is 1.35 bits per heavy atom. The van der Waals surface area contributed by atoms with Gasteiger partial charge in [0.2, 0.25) is 5.91 Å². The average Bonchev–Trinajstić information content (AvgIpc) is 2.83. The van der Waals surface area contributed by atoms with E-state index in [9.17, 15) is 4.79 Å². The summed E-state index contributed by atoms with van der Waals surface area (Å²) in [6.07, 6.45) is 5.12. The molecule has 1 heterocycles. The average molecular weight is 238 g/mol. The lowest BCUT2D eigenvalue weighted by Crippen LogP contribution is -2.49. The van der Waals surface area contributed by atoms with E-state index in [4.69, 9.17) is 10.5 Å². The predicted molar refractivity (Wildman–Crippen MR) is 64.4 cm³/mol. The predicted octanol–water partition coefficient (Wildman–Crippen LogP) is 0.895. The molecule has 2 saturated carbocycles. The van der Waals surface area contributed by atoms with Crippen LogP contribution in [0.5, 0.6) is 0 Å². The molecule has 1 atom stereocenters. The number of ether oxygens (including phenoxy) is 1. The zero-order valence-electron chi connectivity index (χ0n) is 10.6. The van der Waals surface area contributed by atoms with Crippen molar-refractivity contribution in [3.8, 4) is 0 Å². The van der Waals surface area contributed by atoms with Crippen molar-refractivity contribution in [2.24, 2.45) is 11.1 Å². The Morgan fingerprint density at radius 2 is 2.06 bits per heavy atom. The molecule has 2 N–H and O–H groups in total. The zero-order valence-corrected chi connectivity index (χ0v) is 10.6. The van der Waals surface area contributed by atoms with E-state index in [0.29, 0.717) is 12.5 Å². The van der Waals surface area contributed by atoms with Gasteiger partial charge in [0, 0.05) is 18.6 Å². The van der Waals surface area contributed by atoms with E-state index in [1.807, 2.05) is 11.8 Å². The minimum absolute atomic E-state index is 0.0342. The summed E-state index contributed by atoms with van der Waals surface area (Å²) in [4.78, 5) is 14.7. The number of hydrogen-bond acceptors (Lipinski definition) is 3. The van der Waals surface area contributed by atoms with Gasteiger partial charge < -0.3 is 15.4 Å². The highest BCUT2D eigenvalue weighted by Crippen LogP contribution is 2.56. The highest BCUT2D eigenvalue weighted by Gasteiger charge is 2.57. The van der Waals surface area contributed by atoms with Gasteiger partial charge in [0.1, 0.15) is 0 Å². The SMILES string of the molecule is CC1CN(C(=O)C23CCC(N)(CC2)C3)CCO1. The molecule has 4 heteroatoms. The van der Waals surface area contributed by atoms with Crippen molar-refractivity contribution in [1.82, 2.24) is 4.90 Å². The Labute approximate surface area is 102 Å². The maximum Gasteiger partial charge on any atom is 0.229 e. The fraction of sp³-hybridized carbons (Fsp3) is 0.923. The molecule has 3 rings (SSSR count). The molecule has 1 amide bonds. The first-order valence-corrected chi connectivity index (χ1v) is 6.73. The third kappa shape index (κ3) is 1.78. The summed E-state index contributed by atoms with van der Waals surface area (Å²) in [6.45, 7) is 4.21. The number of amides is 1. The molecular formula is C13H22N2O2. The number of rotatable bonds is 1. The molecule has 0 spiro atoms. The monoisotopic (exact) mass is 238 g/mol. The highest BCUT2D eigenvalue weighted by molar-refractivity contribution is 5.84. The molecule has 96 valence electrons. The van der Waals surface area contributed by atoms with E-state index in [2.05, 4.69) is 0 Å². The van der Waals surface area contributed by atoms with E-state index in [0.717, 1.165) is 45.2 Å². The standard InChI is InChI=1S/C13H22N2O2/c1-10-8-15(6-7-17-10)11(16)12-2-4-13(14,9-12)5-3-12/h10H,2-9,14H2,1H3. The van der Waals surface area contributed by atoms with Crippen LogP contribution in [0.15, 0.2) is 0 Å². The molecule has 2 bridgehead atoms. The molecule has 4 nitrogen and oxygen atoms in total. The van der Waals surface area contributed by atoms with Crippen molar-refractivity contribution in [3.63, 3.8) is 0 Å². The minimum Gasteiger partial charge on any atom is -0.375 e. The van der Waals surface area contributed by atoms with Crippen LogP contribution in [0.2, 0.25) is 0 Å². The Hall–Kier alpha value is -0.610. The van der Waals surface area contributed by atoms with Crippen LogP contribution in [0.4, 0.5) is 0 Å². The van der Waals surface area contributed by atoms with Gasteiger partial charge >= 0.3 is 0 Å². The maximum atomic E-state index is 12.7. The van der Waals surface area contributed by atoms with Crippen molar-refractivity contribution in [1.29, 1.82) is 0 Å².